The van der Waals surface area contributed by atoms with Gasteiger partial charge in [-0.25, -0.2) is 0 Å². The van der Waals surface area contributed by atoms with Crippen molar-refractivity contribution in [3.63, 3.8) is 0 Å². The number of nitrogens with one attached hydrogen (secondary N) is 1. The predicted molar refractivity (Wildman–Crippen MR) is 80.5 cm³/mol. The Bertz CT molecular complexity index is 593. The van der Waals surface area contributed by atoms with E-state index < -0.39 is 0 Å². The van der Waals surface area contributed by atoms with E-state index in [-0.39, 0.29) is 0 Å². The summed E-state index contributed by atoms with van der Waals surface area (Å²) in [5.41, 5.74) is 10.9. The molecule has 4 nitrogen and oxygen atoms in total. The molecule has 5 heteroatoms. The third-order valence-electron chi connectivity index (χ3n) is 3.38. The van der Waals surface area contributed by atoms with Crippen molar-refractivity contribution in [2.45, 2.75) is 20.3 Å². The molecule has 102 valence electrons. The van der Waals surface area contributed by atoms with E-state index in [9.17, 15) is 0 Å². The monoisotopic (exact) mass is 323 g/mol. The van der Waals surface area contributed by atoms with Crippen molar-refractivity contribution in [2.24, 2.45) is 5.73 Å². The first-order valence-corrected chi connectivity index (χ1v) is 6.96. The van der Waals surface area contributed by atoms with E-state index in [4.69, 9.17) is 10.5 Å². The standard InChI is InChI=1S/C14H18BrN3O/c1-8-9(2)12(19-3)5-4-10(8)14-13(15)11(6-7-16)17-18-14/h4-5H,6-7,16H2,1-3H3,(H,17,18). The van der Waals surface area contributed by atoms with Gasteiger partial charge in [-0.15, -0.1) is 0 Å². The number of H-pyrrole nitrogens is 1. The third kappa shape index (κ3) is 2.53. The number of hydrogen-bond acceptors (Lipinski definition) is 3. The Balaban J connectivity index is 2.51. The summed E-state index contributed by atoms with van der Waals surface area (Å²) in [7, 11) is 1.69. The Labute approximate surface area is 121 Å². The van der Waals surface area contributed by atoms with E-state index >= 15 is 0 Å². The van der Waals surface area contributed by atoms with Crippen molar-refractivity contribution in [1.29, 1.82) is 0 Å². The van der Waals surface area contributed by atoms with Gasteiger partial charge in [0.1, 0.15) is 11.4 Å². The Morgan fingerprint density at radius 3 is 2.68 bits per heavy atom. The van der Waals surface area contributed by atoms with Gasteiger partial charge in [0.25, 0.3) is 0 Å². The SMILES string of the molecule is COc1ccc(-c2n[nH]c(CCN)c2Br)c(C)c1C. The van der Waals surface area contributed by atoms with Gasteiger partial charge >= 0.3 is 0 Å². The van der Waals surface area contributed by atoms with Crippen LogP contribution in [0.25, 0.3) is 11.3 Å². The number of nitrogens with two attached hydrogens (primary N) is 1. The lowest BCUT2D eigenvalue weighted by molar-refractivity contribution is 0.411. The first kappa shape index (κ1) is 14.1. The second kappa shape index (κ2) is 5.75. The average molecular weight is 324 g/mol. The second-order valence-corrected chi connectivity index (χ2v) is 5.26. The fourth-order valence-electron chi connectivity index (χ4n) is 2.13. The summed E-state index contributed by atoms with van der Waals surface area (Å²) in [6, 6.07) is 4.01. The van der Waals surface area contributed by atoms with Gasteiger partial charge < -0.3 is 10.5 Å². The molecule has 0 radical (unpaired) electrons. The smallest absolute Gasteiger partial charge is 0.122 e. The molecule has 0 amide bonds. The summed E-state index contributed by atoms with van der Waals surface area (Å²) in [4.78, 5) is 0. The number of methoxy groups -OCH3 is 1. The van der Waals surface area contributed by atoms with Crippen molar-refractivity contribution < 1.29 is 4.74 Å². The molecule has 0 unspecified atom stereocenters. The van der Waals surface area contributed by atoms with Gasteiger partial charge in [0, 0.05) is 12.0 Å². The number of hydrogen-bond donors (Lipinski definition) is 2. The van der Waals surface area contributed by atoms with Crippen LogP contribution in [0.1, 0.15) is 16.8 Å². The van der Waals surface area contributed by atoms with E-state index in [0.29, 0.717) is 6.54 Å². The Morgan fingerprint density at radius 2 is 2.05 bits per heavy atom. The number of nitrogens with zero attached hydrogens (tertiary/aromatic N) is 1. The summed E-state index contributed by atoms with van der Waals surface area (Å²) in [6.45, 7) is 4.73. The van der Waals surface area contributed by atoms with Crippen LogP contribution in [0.3, 0.4) is 0 Å². The molecule has 2 aromatic rings. The molecule has 0 bridgehead atoms. The van der Waals surface area contributed by atoms with Crippen molar-refractivity contribution in [1.82, 2.24) is 10.2 Å². The lowest BCUT2D eigenvalue weighted by Crippen LogP contribution is -2.03. The largest absolute Gasteiger partial charge is 0.496 e. The van der Waals surface area contributed by atoms with Gasteiger partial charge in [-0.05, 0) is 59.6 Å². The van der Waals surface area contributed by atoms with Crippen molar-refractivity contribution >= 4 is 15.9 Å². The maximum Gasteiger partial charge on any atom is 0.122 e. The fourth-order valence-corrected chi connectivity index (χ4v) is 2.72. The third-order valence-corrected chi connectivity index (χ3v) is 4.24. The number of rotatable bonds is 4. The van der Waals surface area contributed by atoms with Crippen LogP contribution < -0.4 is 10.5 Å². The zero-order chi connectivity index (χ0) is 14.0. The predicted octanol–water partition coefficient (Wildman–Crippen LogP) is 2.97. The van der Waals surface area contributed by atoms with Gasteiger partial charge in [0.05, 0.1) is 17.3 Å². The summed E-state index contributed by atoms with van der Waals surface area (Å²) in [5, 5.41) is 7.43. The van der Waals surface area contributed by atoms with Gasteiger partial charge in [0.15, 0.2) is 0 Å². The van der Waals surface area contributed by atoms with Crippen LogP contribution in [-0.4, -0.2) is 23.9 Å². The molecule has 1 aromatic carbocycles. The molecular weight excluding hydrogens is 306 g/mol. The maximum absolute atomic E-state index is 5.58. The maximum atomic E-state index is 5.58. The highest BCUT2D eigenvalue weighted by molar-refractivity contribution is 9.10. The molecule has 0 aliphatic rings. The van der Waals surface area contributed by atoms with E-state index in [1.54, 1.807) is 7.11 Å². The Morgan fingerprint density at radius 1 is 1.32 bits per heavy atom. The number of ether oxygens (including phenoxy) is 1. The minimum atomic E-state index is 0.598. The zero-order valence-corrected chi connectivity index (χ0v) is 13.0. The summed E-state index contributed by atoms with van der Waals surface area (Å²) in [6.07, 6.45) is 0.780. The number of benzene rings is 1. The van der Waals surface area contributed by atoms with Crippen molar-refractivity contribution in [3.05, 3.63) is 33.4 Å². The van der Waals surface area contributed by atoms with Crippen LogP contribution >= 0.6 is 15.9 Å². The number of aromatic amines is 1. The zero-order valence-electron chi connectivity index (χ0n) is 11.4. The highest BCUT2D eigenvalue weighted by Gasteiger charge is 2.16. The van der Waals surface area contributed by atoms with Crippen LogP contribution in [-0.2, 0) is 6.42 Å². The summed E-state index contributed by atoms with van der Waals surface area (Å²) >= 11 is 3.60. The van der Waals surface area contributed by atoms with E-state index in [1.165, 1.54) is 5.56 Å². The van der Waals surface area contributed by atoms with Crippen molar-refractivity contribution in [3.8, 4) is 17.0 Å². The van der Waals surface area contributed by atoms with Gasteiger partial charge in [-0.3, -0.25) is 5.10 Å². The Kier molecular flexibility index (Phi) is 4.27. The van der Waals surface area contributed by atoms with Crippen LogP contribution in [0.15, 0.2) is 16.6 Å². The summed E-state index contributed by atoms with van der Waals surface area (Å²) < 4.78 is 6.33. The quantitative estimate of drug-likeness (QED) is 0.909. The van der Waals surface area contributed by atoms with E-state index in [1.807, 2.05) is 12.1 Å². The second-order valence-electron chi connectivity index (χ2n) is 4.47. The molecule has 0 aliphatic carbocycles. The molecule has 3 N–H and O–H groups in total. The van der Waals surface area contributed by atoms with Crippen LogP contribution in [0, 0.1) is 13.8 Å². The normalized spacial score (nSPS) is 10.8. The molecule has 0 fully saturated rings. The highest BCUT2D eigenvalue weighted by atomic mass is 79.9. The first-order valence-electron chi connectivity index (χ1n) is 6.17. The first-order chi connectivity index (χ1) is 9.10. The molecular formula is C14H18BrN3O. The molecule has 0 saturated carbocycles. The van der Waals surface area contributed by atoms with E-state index in [2.05, 4.69) is 40.0 Å². The molecule has 0 spiro atoms. The van der Waals surface area contributed by atoms with E-state index in [0.717, 1.165) is 39.2 Å². The van der Waals surface area contributed by atoms with Gasteiger partial charge in [0.2, 0.25) is 0 Å². The van der Waals surface area contributed by atoms with Crippen LogP contribution in [0.2, 0.25) is 0 Å². The van der Waals surface area contributed by atoms with Crippen LogP contribution in [0.4, 0.5) is 0 Å². The molecule has 1 heterocycles. The number of halogens is 1. The molecule has 0 atom stereocenters. The van der Waals surface area contributed by atoms with Crippen LogP contribution in [0.5, 0.6) is 5.75 Å². The summed E-state index contributed by atoms with van der Waals surface area (Å²) in [5.74, 6) is 0.898. The number of aromatic nitrogens is 2. The van der Waals surface area contributed by atoms with Gasteiger partial charge in [-0.2, -0.15) is 5.10 Å². The minimum absolute atomic E-state index is 0.598. The average Bonchev–Trinajstić information content (AvgIpc) is 2.75. The lowest BCUT2D eigenvalue weighted by atomic mass is 10.00. The molecule has 0 aliphatic heterocycles. The molecule has 1 aromatic heterocycles. The van der Waals surface area contributed by atoms with Crippen molar-refractivity contribution in [2.75, 3.05) is 13.7 Å². The molecule has 19 heavy (non-hydrogen) atoms. The highest BCUT2D eigenvalue weighted by Crippen LogP contribution is 2.35. The topological polar surface area (TPSA) is 63.9 Å². The minimum Gasteiger partial charge on any atom is -0.496 e. The molecule has 2 rings (SSSR count). The lowest BCUT2D eigenvalue weighted by Gasteiger charge is -2.11. The fraction of sp³-hybridized carbons (Fsp3) is 0.357. The van der Waals surface area contributed by atoms with Gasteiger partial charge in [-0.1, -0.05) is 0 Å². The molecule has 0 saturated heterocycles. The Hall–Kier alpha value is -1.33.